The summed E-state index contributed by atoms with van der Waals surface area (Å²) in [5, 5.41) is 6.91. The van der Waals surface area contributed by atoms with Crippen LogP contribution in [-0.4, -0.2) is 56.7 Å². The lowest BCUT2D eigenvalue weighted by Crippen LogP contribution is -2.42. The SMILES string of the molecule is CCNC(=NCCCc1ccc(OC)cc1)NC(C)CCCN(CC)CC.I. The zero-order valence-electron chi connectivity index (χ0n) is 18.5. The highest BCUT2D eigenvalue weighted by molar-refractivity contribution is 14.0. The molecule has 1 unspecified atom stereocenters. The van der Waals surface area contributed by atoms with Crippen molar-refractivity contribution in [1.82, 2.24) is 15.5 Å². The van der Waals surface area contributed by atoms with E-state index < -0.39 is 0 Å². The third kappa shape index (κ3) is 11.7. The Balaban J connectivity index is 0.00000729. The Morgan fingerprint density at radius 2 is 1.79 bits per heavy atom. The van der Waals surface area contributed by atoms with Crippen LogP contribution in [0.3, 0.4) is 0 Å². The highest BCUT2D eigenvalue weighted by atomic mass is 127. The van der Waals surface area contributed by atoms with E-state index in [-0.39, 0.29) is 24.0 Å². The summed E-state index contributed by atoms with van der Waals surface area (Å²) in [5.41, 5.74) is 1.33. The minimum atomic E-state index is 0. The predicted molar refractivity (Wildman–Crippen MR) is 132 cm³/mol. The largest absolute Gasteiger partial charge is 0.497 e. The van der Waals surface area contributed by atoms with E-state index in [1.807, 2.05) is 12.1 Å². The lowest BCUT2D eigenvalue weighted by atomic mass is 10.1. The summed E-state index contributed by atoms with van der Waals surface area (Å²) >= 11 is 0. The molecule has 0 heterocycles. The van der Waals surface area contributed by atoms with E-state index in [1.54, 1.807) is 7.11 Å². The Morgan fingerprint density at radius 3 is 2.36 bits per heavy atom. The second kappa shape index (κ2) is 16.9. The molecule has 0 radical (unpaired) electrons. The lowest BCUT2D eigenvalue weighted by Gasteiger charge is -2.21. The van der Waals surface area contributed by atoms with Gasteiger partial charge in [0.1, 0.15) is 5.75 Å². The van der Waals surface area contributed by atoms with Crippen LogP contribution in [0.4, 0.5) is 0 Å². The van der Waals surface area contributed by atoms with Gasteiger partial charge in [-0.2, -0.15) is 0 Å². The summed E-state index contributed by atoms with van der Waals surface area (Å²) in [5.74, 6) is 1.84. The number of methoxy groups -OCH3 is 1. The van der Waals surface area contributed by atoms with Gasteiger partial charge >= 0.3 is 0 Å². The van der Waals surface area contributed by atoms with Crippen LogP contribution >= 0.6 is 24.0 Å². The van der Waals surface area contributed by atoms with Crippen LogP contribution in [0.2, 0.25) is 0 Å². The average molecular weight is 505 g/mol. The number of aryl methyl sites for hydroxylation is 1. The zero-order chi connectivity index (χ0) is 19.9. The van der Waals surface area contributed by atoms with E-state index in [0.717, 1.165) is 57.2 Å². The minimum Gasteiger partial charge on any atom is -0.497 e. The Bertz CT molecular complexity index is 518. The van der Waals surface area contributed by atoms with Gasteiger partial charge in [-0.15, -0.1) is 24.0 Å². The molecule has 0 fully saturated rings. The Kier molecular flexibility index (Phi) is 16.3. The van der Waals surface area contributed by atoms with Crippen molar-refractivity contribution in [2.75, 3.05) is 39.8 Å². The van der Waals surface area contributed by atoms with E-state index in [4.69, 9.17) is 9.73 Å². The first-order chi connectivity index (χ1) is 13.1. The molecule has 1 aromatic rings. The van der Waals surface area contributed by atoms with Gasteiger partial charge in [-0.05, 0) is 76.9 Å². The molecule has 0 amide bonds. The van der Waals surface area contributed by atoms with Crippen molar-refractivity contribution in [3.8, 4) is 5.75 Å². The van der Waals surface area contributed by atoms with E-state index in [2.05, 4.69) is 55.4 Å². The van der Waals surface area contributed by atoms with Gasteiger partial charge in [0.2, 0.25) is 0 Å². The summed E-state index contributed by atoms with van der Waals surface area (Å²) < 4.78 is 5.20. The molecule has 0 saturated heterocycles. The number of benzene rings is 1. The fourth-order valence-corrected chi connectivity index (χ4v) is 3.05. The van der Waals surface area contributed by atoms with E-state index in [0.29, 0.717) is 6.04 Å². The van der Waals surface area contributed by atoms with Crippen LogP contribution in [0, 0.1) is 0 Å². The Hall–Kier alpha value is -1.02. The van der Waals surface area contributed by atoms with Gasteiger partial charge in [0.05, 0.1) is 7.11 Å². The molecule has 0 aliphatic carbocycles. The van der Waals surface area contributed by atoms with Crippen LogP contribution in [0.15, 0.2) is 29.3 Å². The van der Waals surface area contributed by atoms with Crippen molar-refractivity contribution in [2.24, 2.45) is 4.99 Å². The molecular weight excluding hydrogens is 463 g/mol. The number of rotatable bonds is 13. The fraction of sp³-hybridized carbons (Fsp3) is 0.682. The van der Waals surface area contributed by atoms with Gasteiger partial charge < -0.3 is 20.3 Å². The summed E-state index contributed by atoms with van der Waals surface area (Å²) in [6.45, 7) is 14.0. The number of hydrogen-bond acceptors (Lipinski definition) is 3. The topological polar surface area (TPSA) is 48.9 Å². The van der Waals surface area contributed by atoms with E-state index in [9.17, 15) is 0 Å². The van der Waals surface area contributed by atoms with Gasteiger partial charge in [0, 0.05) is 19.1 Å². The molecule has 1 rings (SSSR count). The fourth-order valence-electron chi connectivity index (χ4n) is 3.05. The van der Waals surface area contributed by atoms with Gasteiger partial charge in [-0.3, -0.25) is 4.99 Å². The molecule has 0 aromatic heterocycles. The summed E-state index contributed by atoms with van der Waals surface area (Å²) in [6, 6.07) is 8.72. The average Bonchev–Trinajstić information content (AvgIpc) is 2.69. The standard InChI is InChI=1S/C22H40N4O.HI/c1-6-23-22(25-19(4)11-10-18-26(7-2)8-3)24-17-9-12-20-13-15-21(27-5)16-14-20;/h13-16,19H,6-12,17-18H2,1-5H3,(H2,23,24,25);1H. The highest BCUT2D eigenvalue weighted by Gasteiger charge is 2.06. The molecule has 162 valence electrons. The van der Waals surface area contributed by atoms with Crippen LogP contribution in [0.25, 0.3) is 0 Å². The number of ether oxygens (including phenoxy) is 1. The predicted octanol–water partition coefficient (Wildman–Crippen LogP) is 4.31. The molecule has 0 bridgehead atoms. The number of nitrogens with one attached hydrogen (secondary N) is 2. The Morgan fingerprint density at radius 1 is 1.11 bits per heavy atom. The van der Waals surface area contributed by atoms with Gasteiger partial charge in [-0.25, -0.2) is 0 Å². The number of nitrogens with zero attached hydrogens (tertiary/aromatic N) is 2. The lowest BCUT2D eigenvalue weighted by molar-refractivity contribution is 0.292. The first-order valence-electron chi connectivity index (χ1n) is 10.5. The molecule has 0 spiro atoms. The van der Waals surface area contributed by atoms with Gasteiger partial charge in [-0.1, -0.05) is 26.0 Å². The molecule has 0 aliphatic rings. The summed E-state index contributed by atoms with van der Waals surface area (Å²) in [4.78, 5) is 7.21. The third-order valence-corrected chi connectivity index (χ3v) is 4.79. The third-order valence-electron chi connectivity index (χ3n) is 4.79. The maximum absolute atomic E-state index is 5.20. The second-order valence-electron chi connectivity index (χ2n) is 6.93. The molecular formula is C22H41IN4O. The zero-order valence-corrected chi connectivity index (χ0v) is 20.8. The van der Waals surface area contributed by atoms with Crippen LogP contribution in [0.5, 0.6) is 5.75 Å². The number of halogens is 1. The van der Waals surface area contributed by atoms with E-state index >= 15 is 0 Å². The van der Waals surface area contributed by atoms with Crippen LogP contribution in [0.1, 0.15) is 52.5 Å². The number of aliphatic imine (C=N–C) groups is 1. The van der Waals surface area contributed by atoms with Crippen molar-refractivity contribution in [1.29, 1.82) is 0 Å². The molecule has 0 saturated carbocycles. The van der Waals surface area contributed by atoms with E-state index in [1.165, 1.54) is 18.5 Å². The van der Waals surface area contributed by atoms with Crippen LogP contribution < -0.4 is 15.4 Å². The first-order valence-corrected chi connectivity index (χ1v) is 10.5. The van der Waals surface area contributed by atoms with Gasteiger partial charge in [0.25, 0.3) is 0 Å². The van der Waals surface area contributed by atoms with Crippen LogP contribution in [-0.2, 0) is 6.42 Å². The maximum Gasteiger partial charge on any atom is 0.191 e. The molecule has 0 aliphatic heterocycles. The molecule has 5 nitrogen and oxygen atoms in total. The number of hydrogen-bond donors (Lipinski definition) is 2. The molecule has 1 atom stereocenters. The van der Waals surface area contributed by atoms with Crippen molar-refractivity contribution >= 4 is 29.9 Å². The molecule has 2 N–H and O–H groups in total. The quantitative estimate of drug-likeness (QED) is 0.182. The number of guanidine groups is 1. The van der Waals surface area contributed by atoms with Crippen molar-refractivity contribution < 1.29 is 4.74 Å². The monoisotopic (exact) mass is 504 g/mol. The van der Waals surface area contributed by atoms with Crippen molar-refractivity contribution in [2.45, 2.75) is 59.4 Å². The molecule has 1 aromatic carbocycles. The molecule has 28 heavy (non-hydrogen) atoms. The minimum absolute atomic E-state index is 0. The summed E-state index contributed by atoms with van der Waals surface area (Å²) in [6.07, 6.45) is 4.45. The summed E-state index contributed by atoms with van der Waals surface area (Å²) in [7, 11) is 1.70. The second-order valence-corrected chi connectivity index (χ2v) is 6.93. The highest BCUT2D eigenvalue weighted by Crippen LogP contribution is 2.12. The first kappa shape index (κ1) is 27.0. The normalized spacial score (nSPS) is 12.4. The van der Waals surface area contributed by atoms with Crippen molar-refractivity contribution in [3.05, 3.63) is 29.8 Å². The van der Waals surface area contributed by atoms with Crippen molar-refractivity contribution in [3.63, 3.8) is 0 Å². The maximum atomic E-state index is 5.20. The van der Waals surface area contributed by atoms with Gasteiger partial charge in [0.15, 0.2) is 5.96 Å². The Labute approximate surface area is 189 Å². The smallest absolute Gasteiger partial charge is 0.191 e. The molecule has 6 heteroatoms.